The van der Waals surface area contributed by atoms with Crippen molar-refractivity contribution in [2.75, 3.05) is 7.11 Å². The van der Waals surface area contributed by atoms with Crippen molar-refractivity contribution < 1.29 is 9.47 Å². The van der Waals surface area contributed by atoms with Crippen LogP contribution in [-0.2, 0) is 13.2 Å². The lowest BCUT2D eigenvalue weighted by molar-refractivity contribution is 0.282. The molecule has 0 radical (unpaired) electrons. The second kappa shape index (κ2) is 10.8. The van der Waals surface area contributed by atoms with Crippen LogP contribution in [0.15, 0.2) is 34.8 Å². The molecule has 0 saturated carbocycles. The molecule has 27 heavy (non-hydrogen) atoms. The summed E-state index contributed by atoms with van der Waals surface area (Å²) in [5.41, 5.74) is 2.14. The number of hydrogen-bond donors (Lipinski definition) is 1. The highest BCUT2D eigenvalue weighted by atomic mass is 79.9. The molecular formula is C20H25BrCl3NO2. The molecule has 2 rings (SSSR count). The highest BCUT2D eigenvalue weighted by Gasteiger charge is 2.16. The first kappa shape index (κ1) is 24.4. The van der Waals surface area contributed by atoms with E-state index in [0.29, 0.717) is 28.2 Å². The molecular weight excluding hydrogens is 472 g/mol. The van der Waals surface area contributed by atoms with Crippen molar-refractivity contribution >= 4 is 51.5 Å². The third-order valence-electron chi connectivity index (χ3n) is 4.31. The van der Waals surface area contributed by atoms with Gasteiger partial charge in [-0.05, 0) is 71.6 Å². The Bertz CT molecular complexity index is 769. The van der Waals surface area contributed by atoms with E-state index in [9.17, 15) is 0 Å². The van der Waals surface area contributed by atoms with Crippen molar-refractivity contribution in [1.82, 2.24) is 5.32 Å². The summed E-state index contributed by atoms with van der Waals surface area (Å²) in [6.45, 7) is 7.67. The first-order chi connectivity index (χ1) is 12.3. The van der Waals surface area contributed by atoms with Gasteiger partial charge in [0.15, 0.2) is 11.5 Å². The molecule has 0 aliphatic heterocycles. The van der Waals surface area contributed by atoms with Crippen LogP contribution < -0.4 is 14.8 Å². The number of hydrogen-bond acceptors (Lipinski definition) is 3. The van der Waals surface area contributed by atoms with Gasteiger partial charge in [0.1, 0.15) is 6.61 Å². The Kier molecular flexibility index (Phi) is 9.73. The molecule has 0 heterocycles. The molecule has 0 atom stereocenters. The number of benzene rings is 2. The van der Waals surface area contributed by atoms with Crippen LogP contribution in [0.5, 0.6) is 11.5 Å². The van der Waals surface area contributed by atoms with E-state index in [-0.39, 0.29) is 17.9 Å². The second-order valence-corrected chi connectivity index (χ2v) is 8.41. The second-order valence-electron chi connectivity index (χ2n) is 6.74. The van der Waals surface area contributed by atoms with Crippen LogP contribution in [0.25, 0.3) is 0 Å². The molecule has 0 saturated heterocycles. The first-order valence-corrected chi connectivity index (χ1v) is 9.99. The van der Waals surface area contributed by atoms with Gasteiger partial charge in [-0.1, -0.05) is 36.2 Å². The zero-order valence-corrected chi connectivity index (χ0v) is 19.8. The lowest BCUT2D eigenvalue weighted by Gasteiger charge is -2.25. The van der Waals surface area contributed by atoms with Crippen molar-refractivity contribution in [2.45, 2.75) is 45.9 Å². The zero-order valence-electron chi connectivity index (χ0n) is 15.9. The van der Waals surface area contributed by atoms with Gasteiger partial charge in [0.2, 0.25) is 0 Å². The number of rotatable bonds is 8. The van der Waals surface area contributed by atoms with Gasteiger partial charge in [-0.3, -0.25) is 0 Å². The Morgan fingerprint density at radius 3 is 2.37 bits per heavy atom. The predicted molar refractivity (Wildman–Crippen MR) is 120 cm³/mol. The van der Waals surface area contributed by atoms with Crippen LogP contribution in [0.1, 0.15) is 38.3 Å². The summed E-state index contributed by atoms with van der Waals surface area (Å²) in [4.78, 5) is 0. The normalized spacial score (nSPS) is 11.1. The summed E-state index contributed by atoms with van der Waals surface area (Å²) in [5, 5.41) is 4.59. The van der Waals surface area contributed by atoms with Crippen molar-refractivity contribution in [1.29, 1.82) is 0 Å². The third kappa shape index (κ3) is 7.03. The van der Waals surface area contributed by atoms with E-state index < -0.39 is 0 Å². The van der Waals surface area contributed by atoms with Crippen LogP contribution in [-0.4, -0.2) is 12.6 Å². The number of nitrogens with one attached hydrogen (secondary N) is 1. The Morgan fingerprint density at radius 2 is 1.78 bits per heavy atom. The fourth-order valence-electron chi connectivity index (χ4n) is 2.27. The molecule has 0 aliphatic rings. The Balaban J connectivity index is 0.00000364. The minimum absolute atomic E-state index is 0. The van der Waals surface area contributed by atoms with Gasteiger partial charge in [0.05, 0.1) is 21.6 Å². The maximum Gasteiger partial charge on any atom is 0.175 e. The van der Waals surface area contributed by atoms with Gasteiger partial charge >= 0.3 is 0 Å². The Morgan fingerprint density at radius 1 is 1.07 bits per heavy atom. The summed E-state index contributed by atoms with van der Waals surface area (Å²) in [7, 11) is 1.64. The molecule has 0 amide bonds. The van der Waals surface area contributed by atoms with E-state index in [0.717, 1.165) is 28.6 Å². The maximum atomic E-state index is 6.06. The van der Waals surface area contributed by atoms with Crippen molar-refractivity contribution in [3.63, 3.8) is 0 Å². The highest BCUT2D eigenvalue weighted by molar-refractivity contribution is 9.10. The molecule has 0 bridgehead atoms. The fourth-order valence-corrected chi connectivity index (χ4v) is 3.19. The molecule has 3 nitrogen and oxygen atoms in total. The van der Waals surface area contributed by atoms with Crippen molar-refractivity contribution in [3.8, 4) is 11.5 Å². The summed E-state index contributed by atoms with van der Waals surface area (Å²) in [6, 6.07) is 9.49. The third-order valence-corrected chi connectivity index (χ3v) is 5.64. The van der Waals surface area contributed by atoms with Gasteiger partial charge in [-0.15, -0.1) is 12.4 Å². The summed E-state index contributed by atoms with van der Waals surface area (Å²) in [6.07, 6.45) is 1.05. The number of methoxy groups -OCH3 is 1. The Hall–Kier alpha value is -0.650. The summed E-state index contributed by atoms with van der Waals surface area (Å²) in [5.74, 6) is 1.35. The standard InChI is InChI=1S/C20H24BrCl2NO2.ClH/c1-5-20(2,3)24-11-14-8-15(21)19(18(10-14)25-4)26-12-13-6-7-16(22)17(23)9-13;/h6-10,24H,5,11-12H2,1-4H3;1H. The first-order valence-electron chi connectivity index (χ1n) is 8.44. The van der Waals surface area contributed by atoms with Crippen molar-refractivity contribution in [3.05, 3.63) is 56.0 Å². The van der Waals surface area contributed by atoms with E-state index in [1.165, 1.54) is 0 Å². The lowest BCUT2D eigenvalue weighted by Crippen LogP contribution is -2.37. The van der Waals surface area contributed by atoms with E-state index >= 15 is 0 Å². The smallest absolute Gasteiger partial charge is 0.175 e. The quantitative estimate of drug-likeness (QED) is 0.424. The molecule has 2 aromatic rings. The van der Waals surface area contributed by atoms with Crippen LogP contribution in [0.3, 0.4) is 0 Å². The molecule has 0 aromatic heterocycles. The largest absolute Gasteiger partial charge is 0.493 e. The van der Waals surface area contributed by atoms with Crippen LogP contribution in [0.4, 0.5) is 0 Å². The van der Waals surface area contributed by atoms with Crippen LogP contribution >= 0.6 is 51.5 Å². The van der Waals surface area contributed by atoms with E-state index in [1.807, 2.05) is 18.2 Å². The average Bonchev–Trinajstić information content (AvgIpc) is 2.61. The predicted octanol–water partition coefficient (Wildman–Crippen LogP) is 7.04. The van der Waals surface area contributed by atoms with Crippen LogP contribution in [0.2, 0.25) is 10.0 Å². The topological polar surface area (TPSA) is 30.5 Å². The number of halogens is 4. The minimum atomic E-state index is 0. The maximum absolute atomic E-state index is 6.06. The van der Waals surface area contributed by atoms with Gasteiger partial charge < -0.3 is 14.8 Å². The average molecular weight is 498 g/mol. The molecule has 0 fully saturated rings. The van der Waals surface area contributed by atoms with Crippen molar-refractivity contribution in [2.24, 2.45) is 0 Å². The van der Waals surface area contributed by atoms with Crippen LogP contribution in [0, 0.1) is 0 Å². The molecule has 7 heteroatoms. The molecule has 0 spiro atoms. The Labute approximate surface area is 186 Å². The minimum Gasteiger partial charge on any atom is -0.493 e. The SMILES string of the molecule is CCC(C)(C)NCc1cc(Br)c(OCc2ccc(Cl)c(Cl)c2)c(OC)c1.Cl. The van der Waals surface area contributed by atoms with Gasteiger partial charge in [-0.25, -0.2) is 0 Å². The highest BCUT2D eigenvalue weighted by Crippen LogP contribution is 2.37. The van der Waals surface area contributed by atoms with E-state index in [4.69, 9.17) is 32.7 Å². The monoisotopic (exact) mass is 495 g/mol. The fraction of sp³-hybridized carbons (Fsp3) is 0.400. The van der Waals surface area contributed by atoms with Gasteiger partial charge in [0.25, 0.3) is 0 Å². The number of ether oxygens (including phenoxy) is 2. The molecule has 2 aromatic carbocycles. The van der Waals surface area contributed by atoms with E-state index in [1.54, 1.807) is 19.2 Å². The summed E-state index contributed by atoms with van der Waals surface area (Å²) < 4.78 is 12.3. The van der Waals surface area contributed by atoms with E-state index in [2.05, 4.69) is 42.0 Å². The molecule has 1 N–H and O–H groups in total. The lowest BCUT2D eigenvalue weighted by atomic mass is 10.0. The molecule has 0 aliphatic carbocycles. The molecule has 0 unspecified atom stereocenters. The summed E-state index contributed by atoms with van der Waals surface area (Å²) >= 11 is 15.6. The zero-order chi connectivity index (χ0) is 19.3. The molecule has 150 valence electrons. The van der Waals surface area contributed by atoms with Gasteiger partial charge in [-0.2, -0.15) is 0 Å². The van der Waals surface area contributed by atoms with Gasteiger partial charge in [0, 0.05) is 12.1 Å².